The van der Waals surface area contributed by atoms with Gasteiger partial charge in [0.15, 0.2) is 28.2 Å². The Balaban J connectivity index is 1.17. The molecule has 2 aromatic rings. The second-order valence-corrected chi connectivity index (χ2v) is 13.8. The number of fused-ring (bicyclic) bond motifs is 2. The molecule has 5 heterocycles. The van der Waals surface area contributed by atoms with E-state index in [-0.39, 0.29) is 39.2 Å². The molecular weight excluding hydrogens is 719 g/mol. The summed E-state index contributed by atoms with van der Waals surface area (Å²) in [6, 6.07) is 0.935. The van der Waals surface area contributed by atoms with Crippen molar-refractivity contribution in [1.29, 1.82) is 0 Å². The molecule has 3 amide bonds. The number of phenols is 2. The topological polar surface area (TPSA) is 273 Å². The van der Waals surface area contributed by atoms with Crippen LogP contribution in [0.3, 0.4) is 0 Å². The number of rotatable bonds is 9. The average Bonchev–Trinajstić information content (AvgIpc) is 3.70. The van der Waals surface area contributed by atoms with Crippen molar-refractivity contribution in [2.24, 2.45) is 10.1 Å². The number of anilines is 1. The number of hydrogen-bond acceptors (Lipinski definition) is 17. The van der Waals surface area contributed by atoms with Crippen molar-refractivity contribution in [3.8, 4) is 11.5 Å². The van der Waals surface area contributed by atoms with Crippen molar-refractivity contribution >= 4 is 81.3 Å². The van der Waals surface area contributed by atoms with E-state index in [0.29, 0.717) is 22.1 Å². The molecule has 0 bridgehead atoms. The van der Waals surface area contributed by atoms with Gasteiger partial charge in [-0.25, -0.2) is 29.4 Å². The first-order valence-electron chi connectivity index (χ1n) is 14.2. The molecule has 8 N–H and O–H groups in total. The number of nitrogens with zero attached hydrogens (tertiary/aromatic N) is 6. The smallest absolute Gasteiger partial charge is 0.427 e. The Morgan fingerprint density at radius 1 is 1.20 bits per heavy atom. The summed E-state index contributed by atoms with van der Waals surface area (Å²) < 4.78 is 0. The van der Waals surface area contributed by atoms with Gasteiger partial charge in [0.25, 0.3) is 11.8 Å². The standard InChI is InChI=1S/C28H25N9O10S3/c1-10-3-15(38)16(39)5-13(10)26(44)47-33-19(14-9-50-27(29)31-14)22(40)32-20-23(41)36-21(25(42)43)12(8-49-24(20)36)7-48-18-4-11(2)30-17-6-35(28(45)46)34-37(17)18/h3-6,9,20,24,34,38-39H,7-8H2,1-2H3,(H2,29,31)(H,32,40)(H,42,43)(H,45,46)/b33-19-/t20-,24-/m1/s1. The van der Waals surface area contributed by atoms with Crippen molar-refractivity contribution in [2.75, 3.05) is 17.2 Å². The zero-order chi connectivity index (χ0) is 36.0. The van der Waals surface area contributed by atoms with Gasteiger partial charge in [-0.05, 0) is 43.2 Å². The van der Waals surface area contributed by atoms with E-state index in [2.05, 4.69) is 26.0 Å². The molecule has 4 aliphatic heterocycles. The zero-order valence-electron chi connectivity index (χ0n) is 25.7. The maximum absolute atomic E-state index is 13.5. The highest BCUT2D eigenvalue weighted by Crippen LogP contribution is 2.42. The summed E-state index contributed by atoms with van der Waals surface area (Å²) in [6.07, 6.45) is 1.73. The minimum atomic E-state index is -1.35. The Kier molecular flexibility index (Phi) is 9.17. The molecule has 1 fully saturated rings. The van der Waals surface area contributed by atoms with Gasteiger partial charge in [0.05, 0.1) is 16.8 Å². The monoisotopic (exact) mass is 743 g/mol. The molecule has 50 heavy (non-hydrogen) atoms. The van der Waals surface area contributed by atoms with Gasteiger partial charge in [0, 0.05) is 22.6 Å². The summed E-state index contributed by atoms with van der Waals surface area (Å²) in [5.41, 5.74) is 8.71. The van der Waals surface area contributed by atoms with Gasteiger partial charge >= 0.3 is 18.0 Å². The Morgan fingerprint density at radius 2 is 1.94 bits per heavy atom. The fourth-order valence-electron chi connectivity index (χ4n) is 5.07. The van der Waals surface area contributed by atoms with Crippen molar-refractivity contribution in [3.05, 3.63) is 68.7 Å². The number of oxime groups is 1. The summed E-state index contributed by atoms with van der Waals surface area (Å²) in [5, 5.41) is 48.6. The molecule has 260 valence electrons. The number of thioether (sulfide) groups is 2. The number of hydrogen-bond donors (Lipinski definition) is 7. The number of carbonyl (C=O) groups excluding carboxylic acids is 3. The van der Waals surface area contributed by atoms with Crippen molar-refractivity contribution < 1.29 is 49.2 Å². The second kappa shape index (κ2) is 13.4. The fourth-order valence-corrected chi connectivity index (χ4v) is 8.17. The highest BCUT2D eigenvalue weighted by molar-refractivity contribution is 8.03. The number of phenolic OH excluding ortho intramolecular Hbond substituents is 2. The lowest BCUT2D eigenvalue weighted by Crippen LogP contribution is -2.71. The quantitative estimate of drug-likeness (QED) is 0.0627. The Hall–Kier alpha value is -5.58. The van der Waals surface area contributed by atoms with E-state index in [1.54, 1.807) is 13.0 Å². The third-order valence-corrected chi connectivity index (χ3v) is 10.5. The number of carbonyl (C=O) groups is 5. The normalized spacial score (nSPS) is 20.0. The van der Waals surface area contributed by atoms with Gasteiger partial charge in [-0.2, -0.15) is 5.01 Å². The number of aromatic hydroxyl groups is 2. The molecule has 2 atom stereocenters. The molecule has 1 aromatic heterocycles. The first kappa shape index (κ1) is 34.3. The van der Waals surface area contributed by atoms with Crippen LogP contribution in [0.2, 0.25) is 0 Å². The van der Waals surface area contributed by atoms with E-state index < -0.39 is 58.5 Å². The van der Waals surface area contributed by atoms with Crippen molar-refractivity contribution in [1.82, 2.24) is 30.8 Å². The van der Waals surface area contributed by atoms with Crippen LogP contribution in [0.15, 0.2) is 62.1 Å². The fraction of sp³-hybridized carbons (Fsp3) is 0.214. The minimum absolute atomic E-state index is 0.0669. The average molecular weight is 744 g/mol. The summed E-state index contributed by atoms with van der Waals surface area (Å²) >= 11 is 3.41. The SMILES string of the molecule is CC1=NC2=CN(C(=O)O)NN2C(SCC2=C(C(=O)O)N3C(=O)[C@@H](NC(=O)/C(=N\OC(=O)c4cc(O)c(O)cc4C)c4csc(N)n4)[C@H]3SC2)=C1. The number of aromatic nitrogens is 1. The lowest BCUT2D eigenvalue weighted by atomic mass is 10.0. The van der Waals surface area contributed by atoms with Crippen LogP contribution in [0.5, 0.6) is 11.5 Å². The third kappa shape index (κ3) is 6.43. The van der Waals surface area contributed by atoms with Crippen LogP contribution >= 0.6 is 34.9 Å². The van der Waals surface area contributed by atoms with E-state index >= 15 is 0 Å². The molecule has 0 spiro atoms. The highest BCUT2D eigenvalue weighted by atomic mass is 32.2. The van der Waals surface area contributed by atoms with Crippen LogP contribution in [0.4, 0.5) is 9.93 Å². The van der Waals surface area contributed by atoms with E-state index in [9.17, 15) is 44.4 Å². The van der Waals surface area contributed by atoms with E-state index in [4.69, 9.17) is 10.6 Å². The molecular formula is C28H25N9O10S3. The minimum Gasteiger partial charge on any atom is -0.504 e. The predicted octanol–water partition coefficient (Wildman–Crippen LogP) is 1.31. The lowest BCUT2D eigenvalue weighted by Gasteiger charge is -2.49. The van der Waals surface area contributed by atoms with Crippen LogP contribution in [0.25, 0.3) is 0 Å². The number of nitrogen functional groups attached to an aromatic ring is 1. The van der Waals surface area contributed by atoms with E-state index in [1.165, 1.54) is 47.0 Å². The number of amides is 3. The summed E-state index contributed by atoms with van der Waals surface area (Å²) in [5.74, 6) is -4.48. The maximum atomic E-state index is 13.5. The number of thiazole rings is 1. The third-order valence-electron chi connectivity index (χ3n) is 7.40. The van der Waals surface area contributed by atoms with Crippen LogP contribution < -0.4 is 16.6 Å². The van der Waals surface area contributed by atoms with Crippen molar-refractivity contribution in [3.63, 3.8) is 0 Å². The number of aliphatic imine (C=N–C) groups is 1. The van der Waals surface area contributed by atoms with Gasteiger partial charge in [0.2, 0.25) is 0 Å². The molecule has 4 aliphatic rings. The van der Waals surface area contributed by atoms with Crippen LogP contribution in [0.1, 0.15) is 28.5 Å². The Bertz CT molecular complexity index is 2020. The summed E-state index contributed by atoms with van der Waals surface area (Å²) in [4.78, 5) is 77.9. The van der Waals surface area contributed by atoms with Crippen LogP contribution in [-0.2, 0) is 19.2 Å². The highest BCUT2D eigenvalue weighted by Gasteiger charge is 2.54. The molecule has 19 nitrogen and oxygen atoms in total. The van der Waals surface area contributed by atoms with Gasteiger partial charge < -0.3 is 36.3 Å². The second-order valence-electron chi connectivity index (χ2n) is 10.8. The molecule has 0 unspecified atom stereocenters. The number of aryl methyl sites for hydroxylation is 1. The Morgan fingerprint density at radius 3 is 2.62 bits per heavy atom. The maximum Gasteiger partial charge on any atom is 0.427 e. The first-order chi connectivity index (χ1) is 23.7. The summed E-state index contributed by atoms with van der Waals surface area (Å²) in [7, 11) is 0. The molecule has 0 radical (unpaired) electrons. The number of nitrogens with two attached hydrogens (primary N) is 1. The molecule has 1 saturated heterocycles. The van der Waals surface area contributed by atoms with Gasteiger partial charge in [-0.15, -0.1) is 40.4 Å². The van der Waals surface area contributed by atoms with Crippen LogP contribution in [0, 0.1) is 6.92 Å². The van der Waals surface area contributed by atoms with E-state index in [1.807, 2.05) is 0 Å². The number of carboxylic acids is 1. The van der Waals surface area contributed by atoms with Gasteiger partial charge in [-0.3, -0.25) is 14.5 Å². The van der Waals surface area contributed by atoms with Crippen molar-refractivity contribution in [2.45, 2.75) is 25.3 Å². The van der Waals surface area contributed by atoms with Gasteiger partial charge in [0.1, 0.15) is 22.8 Å². The van der Waals surface area contributed by atoms with Gasteiger partial charge in [-0.1, -0.05) is 5.16 Å². The largest absolute Gasteiger partial charge is 0.504 e. The molecule has 1 aromatic carbocycles. The number of allylic oxidation sites excluding steroid dienone is 1. The summed E-state index contributed by atoms with van der Waals surface area (Å²) in [6.45, 7) is 3.20. The van der Waals surface area contributed by atoms with Crippen LogP contribution in [-0.4, -0.2) is 105 Å². The number of nitrogens with one attached hydrogen (secondary N) is 2. The van der Waals surface area contributed by atoms with E-state index in [0.717, 1.165) is 33.4 Å². The Labute approximate surface area is 293 Å². The molecule has 0 aliphatic carbocycles. The zero-order valence-corrected chi connectivity index (χ0v) is 28.1. The number of β-lactam (4-membered cyclic amide) rings is 1. The molecule has 6 rings (SSSR count). The molecule has 22 heteroatoms. The first-order valence-corrected chi connectivity index (χ1v) is 17.1. The number of hydrazine groups is 2. The number of benzene rings is 1. The predicted molar refractivity (Wildman–Crippen MR) is 179 cm³/mol. The molecule has 0 saturated carbocycles. The number of aliphatic carboxylic acids is 1. The number of carboxylic acid groups (broad SMARTS) is 2. The lowest BCUT2D eigenvalue weighted by molar-refractivity contribution is -0.150.